The zero-order chi connectivity index (χ0) is 14.7. The van der Waals surface area contributed by atoms with Gasteiger partial charge in [0.25, 0.3) is 5.91 Å². The van der Waals surface area contributed by atoms with Crippen LogP contribution in [0.5, 0.6) is 0 Å². The third kappa shape index (κ3) is 2.55. The molecule has 1 amide bonds. The maximum absolute atomic E-state index is 12.4. The molecule has 0 spiro atoms. The number of carbonyl (C=O) groups is 2. The number of hydrogen-bond acceptors (Lipinski definition) is 5. The van der Waals surface area contributed by atoms with Crippen molar-refractivity contribution in [2.75, 3.05) is 19.1 Å². The Hall–Kier alpha value is -2.21. The van der Waals surface area contributed by atoms with Crippen LogP contribution in [0.2, 0.25) is 0 Å². The van der Waals surface area contributed by atoms with Gasteiger partial charge in [-0.15, -0.1) is 11.3 Å². The molecule has 1 aromatic carbocycles. The van der Waals surface area contributed by atoms with Crippen molar-refractivity contribution < 1.29 is 14.3 Å². The topological polar surface area (TPSA) is 59.5 Å². The number of anilines is 1. The highest BCUT2D eigenvalue weighted by molar-refractivity contribution is 7.12. The Morgan fingerprint density at radius 3 is 2.60 bits per heavy atom. The molecule has 1 heterocycles. The van der Waals surface area contributed by atoms with Gasteiger partial charge in [0.2, 0.25) is 0 Å². The first-order valence-electron chi connectivity index (χ1n) is 5.91. The van der Waals surface area contributed by atoms with E-state index < -0.39 is 5.97 Å². The van der Waals surface area contributed by atoms with E-state index in [0.717, 1.165) is 0 Å². The Kier molecular flexibility index (Phi) is 4.14. The molecule has 0 N–H and O–H groups in total. The fourth-order valence-electron chi connectivity index (χ4n) is 1.82. The molecule has 0 radical (unpaired) electrons. The molecule has 104 valence electrons. The molecule has 1 aromatic heterocycles. The summed E-state index contributed by atoms with van der Waals surface area (Å²) >= 11 is 1.28. The van der Waals surface area contributed by atoms with Crippen molar-refractivity contribution in [2.24, 2.45) is 0 Å². The molecule has 0 aliphatic carbocycles. The Morgan fingerprint density at radius 1 is 1.30 bits per heavy atom. The van der Waals surface area contributed by atoms with E-state index in [1.807, 2.05) is 0 Å². The van der Waals surface area contributed by atoms with Gasteiger partial charge < -0.3 is 9.64 Å². The summed E-state index contributed by atoms with van der Waals surface area (Å²) in [5.74, 6) is -0.664. The normalized spacial score (nSPS) is 10.2. The molecular weight excluding hydrogens is 276 g/mol. The van der Waals surface area contributed by atoms with Crippen molar-refractivity contribution >= 4 is 28.9 Å². The fraction of sp³-hybridized carbons (Fsp3) is 0.214. The number of carbonyl (C=O) groups excluding carboxylic acids is 2. The van der Waals surface area contributed by atoms with E-state index >= 15 is 0 Å². The number of hydrogen-bond donors (Lipinski definition) is 0. The minimum absolute atomic E-state index is 0.193. The second-order valence-corrected chi connectivity index (χ2v) is 4.99. The molecule has 5 nitrogen and oxygen atoms in total. The summed E-state index contributed by atoms with van der Waals surface area (Å²) in [4.78, 5) is 30.2. The number of aromatic nitrogens is 1. The van der Waals surface area contributed by atoms with Crippen LogP contribution < -0.4 is 4.90 Å². The molecule has 0 atom stereocenters. The number of thiazole rings is 1. The van der Waals surface area contributed by atoms with Gasteiger partial charge >= 0.3 is 5.97 Å². The maximum Gasteiger partial charge on any atom is 0.339 e. The quantitative estimate of drug-likeness (QED) is 0.815. The van der Waals surface area contributed by atoms with Crippen LogP contribution in [0.4, 0.5) is 5.69 Å². The average molecular weight is 290 g/mol. The third-order valence-corrected chi connectivity index (χ3v) is 3.83. The van der Waals surface area contributed by atoms with Gasteiger partial charge in [0.1, 0.15) is 4.88 Å². The van der Waals surface area contributed by atoms with Crippen molar-refractivity contribution in [1.29, 1.82) is 0 Å². The number of aryl methyl sites for hydroxylation is 1. The molecule has 0 aliphatic heterocycles. The lowest BCUT2D eigenvalue weighted by atomic mass is 10.1. The number of esters is 1. The largest absolute Gasteiger partial charge is 0.465 e. The van der Waals surface area contributed by atoms with Crippen LogP contribution in [0.3, 0.4) is 0 Å². The van der Waals surface area contributed by atoms with Gasteiger partial charge in [-0.05, 0) is 19.1 Å². The number of para-hydroxylation sites is 1. The van der Waals surface area contributed by atoms with E-state index in [4.69, 9.17) is 4.74 Å². The van der Waals surface area contributed by atoms with Crippen LogP contribution in [0.15, 0.2) is 29.8 Å². The van der Waals surface area contributed by atoms with Crippen LogP contribution >= 0.6 is 11.3 Å². The molecule has 20 heavy (non-hydrogen) atoms. The lowest BCUT2D eigenvalue weighted by Crippen LogP contribution is -2.28. The highest BCUT2D eigenvalue weighted by Crippen LogP contribution is 2.23. The minimum Gasteiger partial charge on any atom is -0.465 e. The predicted molar refractivity (Wildman–Crippen MR) is 77.4 cm³/mol. The van der Waals surface area contributed by atoms with E-state index in [1.54, 1.807) is 43.7 Å². The third-order valence-electron chi connectivity index (χ3n) is 2.92. The average Bonchev–Trinajstić information content (AvgIpc) is 2.91. The molecular formula is C14H14N2O3S. The monoisotopic (exact) mass is 290 g/mol. The van der Waals surface area contributed by atoms with Crippen LogP contribution in [0.25, 0.3) is 0 Å². The molecule has 0 fully saturated rings. The number of ether oxygens (including phenoxy) is 1. The Bertz CT molecular complexity index is 651. The highest BCUT2D eigenvalue weighted by atomic mass is 32.1. The van der Waals surface area contributed by atoms with Crippen molar-refractivity contribution in [1.82, 2.24) is 4.98 Å². The number of methoxy groups -OCH3 is 1. The van der Waals surface area contributed by atoms with Crippen LogP contribution in [0, 0.1) is 6.92 Å². The first kappa shape index (κ1) is 14.2. The smallest absolute Gasteiger partial charge is 0.339 e. The number of rotatable bonds is 3. The Morgan fingerprint density at radius 2 is 2.00 bits per heavy atom. The molecule has 6 heteroatoms. The Balaban J connectivity index is 2.39. The molecule has 0 saturated heterocycles. The van der Waals surface area contributed by atoms with Crippen molar-refractivity contribution in [3.63, 3.8) is 0 Å². The summed E-state index contributed by atoms with van der Waals surface area (Å²) in [5.41, 5.74) is 3.18. The van der Waals surface area contributed by atoms with E-state index in [2.05, 4.69) is 4.98 Å². The van der Waals surface area contributed by atoms with Crippen LogP contribution in [-0.4, -0.2) is 31.0 Å². The van der Waals surface area contributed by atoms with E-state index in [0.29, 0.717) is 21.8 Å². The summed E-state index contributed by atoms with van der Waals surface area (Å²) in [6.45, 7) is 1.78. The number of nitrogens with zero attached hydrogens (tertiary/aromatic N) is 2. The second-order valence-electron chi connectivity index (χ2n) is 4.14. The van der Waals surface area contributed by atoms with Gasteiger partial charge in [0, 0.05) is 7.05 Å². The van der Waals surface area contributed by atoms with E-state index in [-0.39, 0.29) is 5.91 Å². The van der Waals surface area contributed by atoms with Crippen molar-refractivity contribution in [3.05, 3.63) is 45.9 Å². The second kappa shape index (κ2) is 5.83. The SMILES string of the molecule is COC(=O)c1ccccc1N(C)C(=O)c1scnc1C. The van der Waals surface area contributed by atoms with Gasteiger partial charge in [-0.1, -0.05) is 12.1 Å². The lowest BCUT2D eigenvalue weighted by Gasteiger charge is -2.19. The first-order valence-corrected chi connectivity index (χ1v) is 6.79. The summed E-state index contributed by atoms with van der Waals surface area (Å²) in [5, 5.41) is 0. The highest BCUT2D eigenvalue weighted by Gasteiger charge is 2.22. The first-order chi connectivity index (χ1) is 9.56. The molecule has 0 saturated carbocycles. The maximum atomic E-state index is 12.4. The zero-order valence-electron chi connectivity index (χ0n) is 11.4. The van der Waals surface area contributed by atoms with Crippen molar-refractivity contribution in [3.8, 4) is 0 Å². The summed E-state index contributed by atoms with van der Waals surface area (Å²) in [6, 6.07) is 6.84. The Labute approximate surface area is 120 Å². The summed E-state index contributed by atoms with van der Waals surface area (Å²) < 4.78 is 4.73. The molecule has 2 rings (SSSR count). The number of amides is 1. The molecule has 2 aromatic rings. The van der Waals surface area contributed by atoms with Crippen LogP contribution in [-0.2, 0) is 4.74 Å². The lowest BCUT2D eigenvalue weighted by molar-refractivity contribution is 0.0601. The van der Waals surface area contributed by atoms with Crippen molar-refractivity contribution in [2.45, 2.75) is 6.92 Å². The standard InChI is InChI=1S/C14H14N2O3S/c1-9-12(20-8-15-9)13(17)16(2)11-7-5-4-6-10(11)14(18)19-3/h4-8H,1-3H3. The zero-order valence-corrected chi connectivity index (χ0v) is 12.2. The summed E-state index contributed by atoms with van der Waals surface area (Å²) in [6.07, 6.45) is 0. The van der Waals surface area contributed by atoms with Gasteiger partial charge in [-0.25, -0.2) is 9.78 Å². The van der Waals surface area contributed by atoms with Gasteiger partial charge in [0.05, 0.1) is 29.6 Å². The van der Waals surface area contributed by atoms with Gasteiger partial charge in [0.15, 0.2) is 0 Å². The summed E-state index contributed by atoms with van der Waals surface area (Å²) in [7, 11) is 2.94. The minimum atomic E-state index is -0.471. The van der Waals surface area contributed by atoms with E-state index in [1.165, 1.54) is 23.3 Å². The molecule has 0 bridgehead atoms. The van der Waals surface area contributed by atoms with Gasteiger partial charge in [-0.3, -0.25) is 4.79 Å². The van der Waals surface area contributed by atoms with Gasteiger partial charge in [-0.2, -0.15) is 0 Å². The fourth-order valence-corrected chi connectivity index (χ4v) is 2.59. The predicted octanol–water partition coefficient (Wildman–Crippen LogP) is 2.51. The number of benzene rings is 1. The van der Waals surface area contributed by atoms with E-state index in [9.17, 15) is 9.59 Å². The molecule has 0 unspecified atom stereocenters. The molecule has 0 aliphatic rings. The van der Waals surface area contributed by atoms with Crippen LogP contribution in [0.1, 0.15) is 25.7 Å².